The lowest BCUT2D eigenvalue weighted by Gasteiger charge is -2.14. The van der Waals surface area contributed by atoms with Crippen LogP contribution in [-0.2, 0) is 6.42 Å². The van der Waals surface area contributed by atoms with Crippen molar-refractivity contribution in [2.24, 2.45) is 0 Å². The molecule has 1 rings (SSSR count). The Labute approximate surface area is 103 Å². The lowest BCUT2D eigenvalue weighted by molar-refractivity contribution is 0.484. The first-order valence-electron chi connectivity index (χ1n) is 6.23. The van der Waals surface area contributed by atoms with Crippen LogP contribution in [0.4, 0.5) is 0 Å². The second-order valence-electron chi connectivity index (χ2n) is 4.45. The Balaban J connectivity index is 2.55. The summed E-state index contributed by atoms with van der Waals surface area (Å²) in [4.78, 5) is 4.58. The third-order valence-electron chi connectivity index (χ3n) is 2.55. The first-order valence-corrected chi connectivity index (χ1v) is 7.00. The molecule has 0 radical (unpaired) electrons. The molecule has 0 aliphatic carbocycles. The molecule has 0 saturated heterocycles. The van der Waals surface area contributed by atoms with Gasteiger partial charge in [0.2, 0.25) is 0 Å². The van der Waals surface area contributed by atoms with E-state index in [1.807, 2.05) is 0 Å². The molecular weight excluding hydrogens is 218 g/mol. The third kappa shape index (κ3) is 4.18. The highest BCUT2D eigenvalue weighted by Crippen LogP contribution is 2.15. The molecule has 0 bridgehead atoms. The molecule has 0 aromatic carbocycles. The van der Waals surface area contributed by atoms with Crippen molar-refractivity contribution >= 4 is 11.5 Å². The van der Waals surface area contributed by atoms with Crippen molar-refractivity contribution in [1.82, 2.24) is 14.7 Å². The summed E-state index contributed by atoms with van der Waals surface area (Å²) in [5, 5.41) is 4.68. The van der Waals surface area contributed by atoms with E-state index in [0.717, 1.165) is 18.8 Å². The largest absolute Gasteiger partial charge is 0.314 e. The Morgan fingerprint density at radius 3 is 2.56 bits per heavy atom. The minimum atomic E-state index is 0.439. The molecule has 1 N–H and O–H groups in total. The molecular formula is C12H23N3S. The molecule has 1 unspecified atom stereocenters. The fraction of sp³-hybridized carbons (Fsp3) is 0.833. The molecule has 4 heteroatoms. The van der Waals surface area contributed by atoms with Gasteiger partial charge in [0.05, 0.1) is 0 Å². The number of hydrogen-bond acceptors (Lipinski definition) is 4. The lowest BCUT2D eigenvalue weighted by atomic mass is 10.1. The summed E-state index contributed by atoms with van der Waals surface area (Å²) in [6.07, 6.45) is 3.45. The van der Waals surface area contributed by atoms with Crippen molar-refractivity contribution in [1.29, 1.82) is 0 Å². The summed E-state index contributed by atoms with van der Waals surface area (Å²) in [6.45, 7) is 9.69. The third-order valence-corrected chi connectivity index (χ3v) is 3.30. The molecule has 0 fully saturated rings. The zero-order chi connectivity index (χ0) is 12.0. The summed E-state index contributed by atoms with van der Waals surface area (Å²) in [5.74, 6) is 1.43. The molecule has 0 saturated carbocycles. The van der Waals surface area contributed by atoms with Crippen molar-refractivity contribution in [3.63, 3.8) is 0 Å². The van der Waals surface area contributed by atoms with E-state index in [2.05, 4.69) is 42.4 Å². The fourth-order valence-corrected chi connectivity index (χ4v) is 2.57. The Morgan fingerprint density at radius 2 is 2.06 bits per heavy atom. The summed E-state index contributed by atoms with van der Waals surface area (Å²) >= 11 is 1.56. The van der Waals surface area contributed by atoms with Gasteiger partial charge in [-0.3, -0.25) is 0 Å². The maximum absolute atomic E-state index is 4.58. The smallest absolute Gasteiger partial charge is 0.145 e. The van der Waals surface area contributed by atoms with Gasteiger partial charge in [0, 0.05) is 18.4 Å². The van der Waals surface area contributed by atoms with Gasteiger partial charge in [-0.05, 0) is 24.5 Å². The van der Waals surface area contributed by atoms with E-state index >= 15 is 0 Å². The maximum atomic E-state index is 4.58. The summed E-state index contributed by atoms with van der Waals surface area (Å²) < 4.78 is 4.39. The van der Waals surface area contributed by atoms with Crippen LogP contribution in [-0.4, -0.2) is 21.9 Å². The van der Waals surface area contributed by atoms with Gasteiger partial charge in [0.25, 0.3) is 0 Å². The van der Waals surface area contributed by atoms with Crippen LogP contribution in [0.3, 0.4) is 0 Å². The number of nitrogens with one attached hydrogen (secondary N) is 1. The normalized spacial score (nSPS) is 13.3. The number of aromatic nitrogens is 2. The SMILES string of the molecule is CCCC(Cc1nc(C(C)C)ns1)NCC. The van der Waals surface area contributed by atoms with Gasteiger partial charge in [-0.25, -0.2) is 4.98 Å². The fourth-order valence-electron chi connectivity index (χ4n) is 1.71. The Hall–Kier alpha value is -0.480. The average molecular weight is 241 g/mol. The highest BCUT2D eigenvalue weighted by molar-refractivity contribution is 7.05. The molecule has 92 valence electrons. The minimum Gasteiger partial charge on any atom is -0.314 e. The molecule has 1 atom stereocenters. The molecule has 0 amide bonds. The Kier molecular flexibility index (Phi) is 5.91. The second kappa shape index (κ2) is 6.97. The van der Waals surface area contributed by atoms with Gasteiger partial charge >= 0.3 is 0 Å². The Bertz CT molecular complexity index is 290. The molecule has 0 aliphatic rings. The second-order valence-corrected chi connectivity index (χ2v) is 5.28. The minimum absolute atomic E-state index is 0.439. The first kappa shape index (κ1) is 13.6. The van der Waals surface area contributed by atoms with Crippen LogP contribution in [0, 0.1) is 0 Å². The van der Waals surface area contributed by atoms with Crippen molar-refractivity contribution in [3.05, 3.63) is 10.8 Å². The predicted molar refractivity (Wildman–Crippen MR) is 70.1 cm³/mol. The van der Waals surface area contributed by atoms with E-state index in [4.69, 9.17) is 0 Å². The molecule has 1 aromatic rings. The molecule has 3 nitrogen and oxygen atoms in total. The standard InChI is InChI=1S/C12H23N3S/c1-5-7-10(13-6-2)8-11-14-12(9(3)4)15-16-11/h9-10,13H,5-8H2,1-4H3. The molecule has 0 spiro atoms. The number of rotatable bonds is 7. The molecule has 1 heterocycles. The van der Waals surface area contributed by atoms with Gasteiger partial charge in [0.15, 0.2) is 0 Å². The van der Waals surface area contributed by atoms with Crippen molar-refractivity contribution < 1.29 is 0 Å². The maximum Gasteiger partial charge on any atom is 0.145 e. The van der Waals surface area contributed by atoms with E-state index in [0.29, 0.717) is 12.0 Å². The van der Waals surface area contributed by atoms with Crippen molar-refractivity contribution in [2.75, 3.05) is 6.54 Å². The van der Waals surface area contributed by atoms with Crippen LogP contribution in [0.5, 0.6) is 0 Å². The van der Waals surface area contributed by atoms with Crippen LogP contribution < -0.4 is 5.32 Å². The van der Waals surface area contributed by atoms with E-state index in [1.54, 1.807) is 11.5 Å². The van der Waals surface area contributed by atoms with E-state index in [1.165, 1.54) is 17.8 Å². The summed E-state index contributed by atoms with van der Waals surface area (Å²) in [6, 6.07) is 0.558. The first-order chi connectivity index (χ1) is 7.67. The van der Waals surface area contributed by atoms with Crippen LogP contribution >= 0.6 is 11.5 Å². The number of hydrogen-bond donors (Lipinski definition) is 1. The zero-order valence-corrected chi connectivity index (χ0v) is 11.6. The van der Waals surface area contributed by atoms with Gasteiger partial charge < -0.3 is 5.32 Å². The van der Waals surface area contributed by atoms with Gasteiger partial charge in [-0.15, -0.1) is 0 Å². The van der Waals surface area contributed by atoms with Crippen LogP contribution in [0.1, 0.15) is 57.3 Å². The summed E-state index contributed by atoms with van der Waals surface area (Å²) in [5.41, 5.74) is 0. The van der Waals surface area contributed by atoms with Gasteiger partial charge in [-0.1, -0.05) is 34.1 Å². The summed E-state index contributed by atoms with van der Waals surface area (Å²) in [7, 11) is 0. The molecule has 0 aliphatic heterocycles. The highest BCUT2D eigenvalue weighted by atomic mass is 32.1. The molecule has 16 heavy (non-hydrogen) atoms. The lowest BCUT2D eigenvalue weighted by Crippen LogP contribution is -2.30. The van der Waals surface area contributed by atoms with Gasteiger partial charge in [-0.2, -0.15) is 4.37 Å². The van der Waals surface area contributed by atoms with Crippen LogP contribution in [0.2, 0.25) is 0 Å². The van der Waals surface area contributed by atoms with E-state index < -0.39 is 0 Å². The molecule has 1 aromatic heterocycles. The van der Waals surface area contributed by atoms with E-state index in [-0.39, 0.29) is 0 Å². The number of nitrogens with zero attached hydrogens (tertiary/aromatic N) is 2. The van der Waals surface area contributed by atoms with Crippen LogP contribution in [0.25, 0.3) is 0 Å². The van der Waals surface area contributed by atoms with Crippen molar-refractivity contribution in [3.8, 4) is 0 Å². The Morgan fingerprint density at radius 1 is 1.31 bits per heavy atom. The quantitative estimate of drug-likeness (QED) is 0.797. The topological polar surface area (TPSA) is 37.8 Å². The van der Waals surface area contributed by atoms with Crippen molar-refractivity contribution in [2.45, 2.75) is 58.9 Å². The predicted octanol–water partition coefficient (Wildman–Crippen LogP) is 2.98. The monoisotopic (exact) mass is 241 g/mol. The van der Waals surface area contributed by atoms with Crippen LogP contribution in [0.15, 0.2) is 0 Å². The number of likely N-dealkylation sites (N-methyl/N-ethyl adjacent to an activating group) is 1. The van der Waals surface area contributed by atoms with Gasteiger partial charge in [0.1, 0.15) is 10.8 Å². The highest BCUT2D eigenvalue weighted by Gasteiger charge is 2.12. The average Bonchev–Trinajstić information content (AvgIpc) is 2.67. The zero-order valence-electron chi connectivity index (χ0n) is 10.8. The van der Waals surface area contributed by atoms with E-state index in [9.17, 15) is 0 Å².